The molecule has 0 fully saturated rings. The molecule has 1 amide bonds. The van der Waals surface area contributed by atoms with Crippen LogP contribution in [0.15, 0.2) is 30.3 Å². The Balaban J connectivity index is 2.54. The summed E-state index contributed by atoms with van der Waals surface area (Å²) >= 11 is 1.34. The molecule has 0 aliphatic heterocycles. The van der Waals surface area contributed by atoms with Gasteiger partial charge >= 0.3 is 11.9 Å². The number of carbonyl (C=O) groups excluding carboxylic acids is 2. The molecule has 0 heterocycles. The molecule has 0 spiro atoms. The molecule has 0 radical (unpaired) electrons. The third kappa shape index (κ3) is 13.6. The van der Waals surface area contributed by atoms with Gasteiger partial charge in [-0.1, -0.05) is 43.7 Å². The van der Waals surface area contributed by atoms with Crippen molar-refractivity contribution < 1.29 is 34.2 Å². The molecule has 2 N–H and O–H groups in total. The number of carbonyl (C=O) groups is 3. The van der Waals surface area contributed by atoms with Crippen molar-refractivity contribution in [3.63, 3.8) is 0 Å². The van der Waals surface area contributed by atoms with Crippen molar-refractivity contribution in [2.75, 3.05) is 37.8 Å². The molecule has 0 bridgehead atoms. The number of rotatable bonds is 19. The minimum Gasteiger partial charge on any atom is -0.480 e. The van der Waals surface area contributed by atoms with Gasteiger partial charge in [0, 0.05) is 18.1 Å². The number of ether oxygens (including phenoxy) is 1. The maximum Gasteiger partial charge on any atom is 0.325 e. The van der Waals surface area contributed by atoms with Gasteiger partial charge in [-0.25, -0.2) is 0 Å². The quantitative estimate of drug-likeness (QED) is 0.122. The van der Waals surface area contributed by atoms with E-state index in [1.807, 2.05) is 37.3 Å². The zero-order valence-corrected chi connectivity index (χ0v) is 21.0. The average Bonchev–Trinajstić information content (AvgIpc) is 2.83. The summed E-state index contributed by atoms with van der Waals surface area (Å²) in [5, 5.41) is 21.7. The highest BCUT2D eigenvalue weighted by Crippen LogP contribution is 2.08. The number of aryl methyl sites for hydroxylation is 1. The summed E-state index contributed by atoms with van der Waals surface area (Å²) in [6.45, 7) is 3.73. The fourth-order valence-corrected chi connectivity index (χ4v) is 3.78. The minimum atomic E-state index is -1.04. The van der Waals surface area contributed by atoms with Crippen LogP contribution in [-0.4, -0.2) is 82.8 Å². The Bertz CT molecular complexity index is 796. The van der Waals surface area contributed by atoms with E-state index in [1.165, 1.54) is 16.7 Å². The van der Waals surface area contributed by atoms with E-state index >= 15 is 0 Å². The number of thioether (sulfide) groups is 1. The van der Waals surface area contributed by atoms with E-state index < -0.39 is 29.1 Å². The average molecular weight is 514 g/mol. The molecule has 196 valence electrons. The van der Waals surface area contributed by atoms with Gasteiger partial charge in [0.2, 0.25) is 5.91 Å². The number of carboxylic acid groups (broad SMARTS) is 1. The second-order valence-electron chi connectivity index (χ2n) is 7.81. The van der Waals surface area contributed by atoms with Gasteiger partial charge in [0.25, 0.3) is 5.09 Å². The molecule has 0 aliphatic carbocycles. The van der Waals surface area contributed by atoms with E-state index in [0.29, 0.717) is 37.3 Å². The van der Waals surface area contributed by atoms with Gasteiger partial charge < -0.3 is 19.6 Å². The predicted molar refractivity (Wildman–Crippen MR) is 132 cm³/mol. The van der Waals surface area contributed by atoms with Crippen LogP contribution in [0.25, 0.3) is 0 Å². The van der Waals surface area contributed by atoms with Crippen LogP contribution in [0.2, 0.25) is 0 Å². The summed E-state index contributed by atoms with van der Waals surface area (Å²) < 4.78 is 5.17. The second kappa shape index (κ2) is 17.6. The fraction of sp³-hybridized carbons (Fsp3) is 0.609. The van der Waals surface area contributed by atoms with Crippen molar-refractivity contribution in [2.24, 2.45) is 0 Å². The molecule has 2 atom stereocenters. The van der Waals surface area contributed by atoms with Crippen LogP contribution in [0.3, 0.4) is 0 Å². The van der Waals surface area contributed by atoms with E-state index in [0.717, 1.165) is 12.0 Å². The summed E-state index contributed by atoms with van der Waals surface area (Å²) in [7, 11) is 0. The largest absolute Gasteiger partial charge is 0.480 e. The van der Waals surface area contributed by atoms with Gasteiger partial charge in [-0.3, -0.25) is 19.7 Å². The van der Waals surface area contributed by atoms with E-state index in [-0.39, 0.29) is 25.7 Å². The third-order valence-electron chi connectivity index (χ3n) is 5.01. The molecule has 11 nitrogen and oxygen atoms in total. The monoisotopic (exact) mass is 513 g/mol. The van der Waals surface area contributed by atoms with Crippen LogP contribution in [0.4, 0.5) is 0 Å². The Morgan fingerprint density at radius 3 is 2.51 bits per heavy atom. The van der Waals surface area contributed by atoms with Crippen LogP contribution in [0.5, 0.6) is 0 Å². The Morgan fingerprint density at radius 2 is 1.89 bits per heavy atom. The Kier molecular flexibility index (Phi) is 15.1. The lowest BCUT2D eigenvalue weighted by molar-refractivity contribution is -0.756. The highest BCUT2D eigenvalue weighted by atomic mass is 32.2. The van der Waals surface area contributed by atoms with Crippen molar-refractivity contribution >= 4 is 29.6 Å². The number of nitrogens with zero attached hydrogens (tertiary/aromatic N) is 2. The number of carboxylic acids is 1. The molecular formula is C23H35N3O8S. The van der Waals surface area contributed by atoms with E-state index in [9.17, 15) is 29.6 Å². The summed E-state index contributed by atoms with van der Waals surface area (Å²) in [5.74, 6) is -1.15. The maximum atomic E-state index is 13.0. The lowest BCUT2D eigenvalue weighted by atomic mass is 10.0. The Hall–Kier alpha value is -2.86. The number of unbranched alkanes of at least 4 members (excludes halogenated alkanes) is 1. The van der Waals surface area contributed by atoms with Crippen LogP contribution >= 0.6 is 11.8 Å². The number of hydrogen-bond donors (Lipinski definition) is 2. The van der Waals surface area contributed by atoms with Crippen LogP contribution in [-0.2, 0) is 30.4 Å². The highest BCUT2D eigenvalue weighted by molar-refractivity contribution is 7.99. The van der Waals surface area contributed by atoms with Gasteiger partial charge in [0.05, 0.1) is 6.04 Å². The molecule has 2 unspecified atom stereocenters. The first-order valence-electron chi connectivity index (χ1n) is 11.6. The molecule has 12 heteroatoms. The third-order valence-corrected chi connectivity index (χ3v) is 5.92. The number of hydrogen-bond acceptors (Lipinski definition) is 9. The predicted octanol–water partition coefficient (Wildman–Crippen LogP) is 2.16. The lowest BCUT2D eigenvalue weighted by Gasteiger charge is -2.27. The van der Waals surface area contributed by atoms with Gasteiger partial charge in [0.15, 0.2) is 0 Å². The zero-order valence-electron chi connectivity index (χ0n) is 20.2. The number of nitrogens with one attached hydrogen (secondary N) is 1. The SMILES string of the molecule is CCCCN(CC(=O)OCCSCCO[N+](=O)[O-])C(=O)C(C)NC(CCc1ccccc1)C(=O)O. The van der Waals surface area contributed by atoms with Crippen LogP contribution in [0, 0.1) is 10.1 Å². The summed E-state index contributed by atoms with van der Waals surface area (Å²) in [5.41, 5.74) is 1.01. The van der Waals surface area contributed by atoms with Gasteiger partial charge in [-0.05, 0) is 31.7 Å². The first-order chi connectivity index (χ1) is 16.7. The van der Waals surface area contributed by atoms with Crippen molar-refractivity contribution in [1.29, 1.82) is 0 Å². The smallest absolute Gasteiger partial charge is 0.325 e. The minimum absolute atomic E-state index is 0.0432. The van der Waals surface area contributed by atoms with Crippen molar-refractivity contribution in [3.05, 3.63) is 46.0 Å². The molecule has 1 aromatic rings. The fourth-order valence-electron chi connectivity index (χ4n) is 3.19. The number of amides is 1. The molecular weight excluding hydrogens is 478 g/mol. The Morgan fingerprint density at radius 1 is 1.20 bits per heavy atom. The molecule has 0 aromatic heterocycles. The molecule has 0 saturated heterocycles. The normalized spacial score (nSPS) is 12.4. The van der Waals surface area contributed by atoms with E-state index in [2.05, 4.69) is 10.2 Å². The first-order valence-corrected chi connectivity index (χ1v) is 12.7. The van der Waals surface area contributed by atoms with Crippen LogP contribution < -0.4 is 5.32 Å². The molecule has 1 rings (SSSR count). The molecule has 0 aliphatic rings. The summed E-state index contributed by atoms with van der Waals surface area (Å²) in [4.78, 5) is 52.7. The van der Waals surface area contributed by atoms with Gasteiger partial charge in [0.1, 0.15) is 25.8 Å². The standard InChI is InChI=1S/C23H35N3O8S/c1-3-4-12-25(17-21(27)33-13-15-35-16-14-34-26(31)32)22(28)18(2)24-20(23(29)30)11-10-19-8-6-5-7-9-19/h5-9,18,20,24H,3-4,10-17H2,1-2H3,(H,29,30). The number of benzene rings is 1. The van der Waals surface area contributed by atoms with Gasteiger partial charge in [-0.2, -0.15) is 11.8 Å². The second-order valence-corrected chi connectivity index (χ2v) is 9.03. The number of aliphatic carboxylic acids is 1. The summed E-state index contributed by atoms with van der Waals surface area (Å²) in [6, 6.07) is 7.80. The molecule has 1 aromatic carbocycles. The Labute approximate surface area is 209 Å². The van der Waals surface area contributed by atoms with Crippen molar-refractivity contribution in [1.82, 2.24) is 10.2 Å². The van der Waals surface area contributed by atoms with E-state index in [4.69, 9.17) is 4.74 Å². The highest BCUT2D eigenvalue weighted by Gasteiger charge is 2.27. The van der Waals surface area contributed by atoms with Crippen LogP contribution in [0.1, 0.15) is 38.7 Å². The first kappa shape index (κ1) is 30.2. The summed E-state index contributed by atoms with van der Waals surface area (Å²) in [6.07, 6.45) is 2.37. The molecule has 0 saturated carbocycles. The zero-order chi connectivity index (χ0) is 26.1. The maximum absolute atomic E-state index is 13.0. The van der Waals surface area contributed by atoms with Gasteiger partial charge in [-0.15, -0.1) is 10.1 Å². The lowest BCUT2D eigenvalue weighted by Crippen LogP contribution is -2.52. The van der Waals surface area contributed by atoms with Crippen molar-refractivity contribution in [3.8, 4) is 0 Å². The molecule has 35 heavy (non-hydrogen) atoms. The van der Waals surface area contributed by atoms with E-state index in [1.54, 1.807) is 6.92 Å². The van der Waals surface area contributed by atoms with Crippen molar-refractivity contribution in [2.45, 2.75) is 51.6 Å². The topological polar surface area (TPSA) is 148 Å². The number of esters is 1.